The predicted octanol–water partition coefficient (Wildman–Crippen LogP) is 3.84. The third-order valence-electron chi connectivity index (χ3n) is 5.56. The van der Waals surface area contributed by atoms with Crippen molar-refractivity contribution in [2.45, 2.75) is 51.9 Å². The van der Waals surface area contributed by atoms with E-state index in [9.17, 15) is 9.59 Å². The van der Waals surface area contributed by atoms with E-state index in [-0.39, 0.29) is 17.7 Å². The molecule has 0 radical (unpaired) electrons. The van der Waals surface area contributed by atoms with Crippen LogP contribution >= 0.6 is 0 Å². The molecule has 0 bridgehead atoms. The van der Waals surface area contributed by atoms with Crippen molar-refractivity contribution in [3.05, 3.63) is 24.3 Å². The number of anilines is 1. The molecule has 2 aliphatic rings. The fraction of sp³-hybridized carbons (Fsp3) is 0.619. The molecule has 2 fully saturated rings. The van der Waals surface area contributed by atoms with Crippen molar-refractivity contribution in [3.8, 4) is 5.75 Å². The van der Waals surface area contributed by atoms with E-state index in [0.717, 1.165) is 57.3 Å². The first-order chi connectivity index (χ1) is 12.7. The van der Waals surface area contributed by atoms with Crippen LogP contribution in [0, 0.1) is 11.8 Å². The van der Waals surface area contributed by atoms with Gasteiger partial charge < -0.3 is 15.0 Å². The SMILES string of the molecule is CCOc1ccccc1NC(=O)C1CCC(C(=O)N2CCCCC2)CC1. The van der Waals surface area contributed by atoms with Crippen molar-refractivity contribution in [3.63, 3.8) is 0 Å². The Kier molecular flexibility index (Phi) is 6.53. The molecular formula is C21H30N2O3. The second-order valence-corrected chi connectivity index (χ2v) is 7.35. The van der Waals surface area contributed by atoms with Crippen LogP contribution in [0.3, 0.4) is 0 Å². The van der Waals surface area contributed by atoms with Gasteiger partial charge in [0.1, 0.15) is 5.75 Å². The van der Waals surface area contributed by atoms with Crippen LogP contribution in [0.5, 0.6) is 5.75 Å². The van der Waals surface area contributed by atoms with E-state index >= 15 is 0 Å². The summed E-state index contributed by atoms with van der Waals surface area (Å²) in [6, 6.07) is 7.53. The summed E-state index contributed by atoms with van der Waals surface area (Å²) in [5, 5.41) is 3.01. The normalized spacial score (nSPS) is 23.3. The third-order valence-corrected chi connectivity index (χ3v) is 5.56. The number of carbonyl (C=O) groups excluding carboxylic acids is 2. The number of nitrogens with zero attached hydrogens (tertiary/aromatic N) is 1. The summed E-state index contributed by atoms with van der Waals surface area (Å²) in [7, 11) is 0. The second kappa shape index (κ2) is 9.06. The van der Waals surface area contributed by atoms with Crippen LogP contribution in [-0.2, 0) is 9.59 Å². The van der Waals surface area contributed by atoms with Crippen LogP contribution < -0.4 is 10.1 Å². The monoisotopic (exact) mass is 358 g/mol. The Morgan fingerprint density at radius 1 is 1.04 bits per heavy atom. The van der Waals surface area contributed by atoms with Crippen LogP contribution in [-0.4, -0.2) is 36.4 Å². The zero-order valence-electron chi connectivity index (χ0n) is 15.7. The molecule has 142 valence electrons. The Labute approximate surface area is 156 Å². The maximum Gasteiger partial charge on any atom is 0.227 e. The summed E-state index contributed by atoms with van der Waals surface area (Å²) in [4.78, 5) is 27.3. The van der Waals surface area contributed by atoms with E-state index in [0.29, 0.717) is 18.3 Å². The minimum Gasteiger partial charge on any atom is -0.492 e. The van der Waals surface area contributed by atoms with Gasteiger partial charge >= 0.3 is 0 Å². The van der Waals surface area contributed by atoms with Crippen molar-refractivity contribution in [1.82, 2.24) is 4.90 Å². The fourth-order valence-electron chi connectivity index (χ4n) is 4.06. The molecule has 5 nitrogen and oxygen atoms in total. The Hall–Kier alpha value is -2.04. The maximum atomic E-state index is 12.6. The number of likely N-dealkylation sites (tertiary alicyclic amines) is 1. The largest absolute Gasteiger partial charge is 0.492 e. The number of piperidine rings is 1. The van der Waals surface area contributed by atoms with Gasteiger partial charge in [0, 0.05) is 24.9 Å². The molecule has 1 aromatic rings. The first-order valence-corrected chi connectivity index (χ1v) is 10.0. The van der Waals surface area contributed by atoms with Gasteiger partial charge in [0.05, 0.1) is 12.3 Å². The summed E-state index contributed by atoms with van der Waals surface area (Å²) >= 11 is 0. The van der Waals surface area contributed by atoms with Crippen molar-refractivity contribution >= 4 is 17.5 Å². The van der Waals surface area contributed by atoms with E-state index in [4.69, 9.17) is 4.74 Å². The van der Waals surface area contributed by atoms with E-state index in [1.165, 1.54) is 6.42 Å². The highest BCUT2D eigenvalue weighted by molar-refractivity contribution is 5.94. The van der Waals surface area contributed by atoms with Gasteiger partial charge in [-0.1, -0.05) is 12.1 Å². The Morgan fingerprint density at radius 2 is 1.69 bits per heavy atom. The number of carbonyl (C=O) groups is 2. The number of rotatable bonds is 5. The van der Waals surface area contributed by atoms with Crippen LogP contribution in [0.2, 0.25) is 0 Å². The van der Waals surface area contributed by atoms with Crippen molar-refractivity contribution in [2.24, 2.45) is 11.8 Å². The second-order valence-electron chi connectivity index (χ2n) is 7.35. The predicted molar refractivity (Wildman–Crippen MR) is 102 cm³/mol. The Bertz CT molecular complexity index is 617. The van der Waals surface area contributed by atoms with E-state index < -0.39 is 0 Å². The highest BCUT2D eigenvalue weighted by Gasteiger charge is 2.32. The molecule has 0 unspecified atom stereocenters. The van der Waals surface area contributed by atoms with Crippen LogP contribution in [0.4, 0.5) is 5.69 Å². The lowest BCUT2D eigenvalue weighted by atomic mass is 9.80. The van der Waals surface area contributed by atoms with Gasteiger partial charge in [0.25, 0.3) is 0 Å². The summed E-state index contributed by atoms with van der Waals surface area (Å²) < 4.78 is 5.58. The van der Waals surface area contributed by atoms with Gasteiger partial charge in [0.2, 0.25) is 11.8 Å². The minimum atomic E-state index is -0.0184. The van der Waals surface area contributed by atoms with Crippen molar-refractivity contribution in [2.75, 3.05) is 25.0 Å². The average Bonchev–Trinajstić information content (AvgIpc) is 2.70. The Balaban J connectivity index is 1.51. The first kappa shape index (κ1) is 18.7. The highest BCUT2D eigenvalue weighted by atomic mass is 16.5. The molecule has 3 rings (SSSR count). The zero-order valence-corrected chi connectivity index (χ0v) is 15.7. The molecule has 1 aromatic carbocycles. The van der Waals surface area contributed by atoms with Crippen molar-refractivity contribution in [1.29, 1.82) is 0 Å². The molecule has 1 saturated carbocycles. The molecule has 5 heteroatoms. The number of hydrogen-bond donors (Lipinski definition) is 1. The zero-order chi connectivity index (χ0) is 18.4. The first-order valence-electron chi connectivity index (χ1n) is 10.0. The van der Waals surface area contributed by atoms with Gasteiger partial charge in [-0.25, -0.2) is 0 Å². The number of benzene rings is 1. The molecule has 1 N–H and O–H groups in total. The molecule has 1 aliphatic heterocycles. The molecule has 1 aliphatic carbocycles. The lowest BCUT2D eigenvalue weighted by molar-refractivity contribution is -0.138. The van der Waals surface area contributed by atoms with E-state index in [2.05, 4.69) is 5.32 Å². The quantitative estimate of drug-likeness (QED) is 0.870. The van der Waals surface area contributed by atoms with Gasteiger partial charge in [-0.3, -0.25) is 9.59 Å². The number of para-hydroxylation sites is 2. The molecule has 2 amide bonds. The smallest absolute Gasteiger partial charge is 0.227 e. The minimum absolute atomic E-state index is 0.0184. The van der Waals surface area contributed by atoms with Crippen LogP contribution in [0.1, 0.15) is 51.9 Å². The van der Waals surface area contributed by atoms with Gasteiger partial charge in [-0.05, 0) is 64.0 Å². The number of ether oxygens (including phenoxy) is 1. The number of amides is 2. The van der Waals surface area contributed by atoms with Gasteiger partial charge in [-0.15, -0.1) is 0 Å². The van der Waals surface area contributed by atoms with Crippen LogP contribution in [0.15, 0.2) is 24.3 Å². The lowest BCUT2D eigenvalue weighted by Crippen LogP contribution is -2.41. The van der Waals surface area contributed by atoms with Gasteiger partial charge in [-0.2, -0.15) is 0 Å². The van der Waals surface area contributed by atoms with Crippen LogP contribution in [0.25, 0.3) is 0 Å². The molecule has 0 spiro atoms. The standard InChI is InChI=1S/C21H30N2O3/c1-2-26-19-9-5-4-8-18(19)22-20(24)16-10-12-17(13-11-16)21(25)23-14-6-3-7-15-23/h4-5,8-9,16-17H,2-3,6-7,10-15H2,1H3,(H,22,24). The summed E-state index contributed by atoms with van der Waals surface area (Å²) in [5.41, 5.74) is 0.728. The number of hydrogen-bond acceptors (Lipinski definition) is 3. The third kappa shape index (κ3) is 4.57. The van der Waals surface area contributed by atoms with Gasteiger partial charge in [0.15, 0.2) is 0 Å². The number of nitrogens with one attached hydrogen (secondary N) is 1. The fourth-order valence-corrected chi connectivity index (χ4v) is 4.06. The average molecular weight is 358 g/mol. The van der Waals surface area contributed by atoms with E-state index in [1.807, 2.05) is 36.1 Å². The molecule has 26 heavy (non-hydrogen) atoms. The summed E-state index contributed by atoms with van der Waals surface area (Å²) in [6.45, 7) is 4.32. The Morgan fingerprint density at radius 3 is 2.38 bits per heavy atom. The molecular weight excluding hydrogens is 328 g/mol. The molecule has 1 saturated heterocycles. The maximum absolute atomic E-state index is 12.6. The van der Waals surface area contributed by atoms with E-state index in [1.54, 1.807) is 0 Å². The van der Waals surface area contributed by atoms with Crippen molar-refractivity contribution < 1.29 is 14.3 Å². The molecule has 0 atom stereocenters. The topological polar surface area (TPSA) is 58.6 Å². The summed E-state index contributed by atoms with van der Waals surface area (Å²) in [6.07, 6.45) is 6.70. The summed E-state index contributed by atoms with van der Waals surface area (Å²) in [5.74, 6) is 1.14. The lowest BCUT2D eigenvalue weighted by Gasteiger charge is -2.33. The molecule has 0 aromatic heterocycles. The molecule has 1 heterocycles. The highest BCUT2D eigenvalue weighted by Crippen LogP contribution is 2.32.